The SMILES string of the molecule is Cc1ccc2nc(-c3ccc(-c4ccccc4)cc3)nc(C(=O)[O-])c2c1.[Na+]. The van der Waals surface area contributed by atoms with E-state index in [9.17, 15) is 9.90 Å². The summed E-state index contributed by atoms with van der Waals surface area (Å²) in [5.74, 6) is -0.926. The average Bonchev–Trinajstić information content (AvgIpc) is 2.68. The van der Waals surface area contributed by atoms with E-state index >= 15 is 0 Å². The number of aryl methyl sites for hydroxylation is 1. The van der Waals surface area contributed by atoms with Crippen molar-refractivity contribution in [2.75, 3.05) is 0 Å². The standard InChI is InChI=1S/C22H16N2O2.Na/c1-14-7-12-19-18(13-14)20(22(25)26)24-21(23-19)17-10-8-16(9-11-17)15-5-3-2-4-6-15;/h2-13H,1H3,(H,25,26);/q;+1/p-1. The normalized spacial score (nSPS) is 10.4. The summed E-state index contributed by atoms with van der Waals surface area (Å²) in [5, 5.41) is 12.0. The van der Waals surface area contributed by atoms with Crippen LogP contribution in [0.1, 0.15) is 16.1 Å². The maximum Gasteiger partial charge on any atom is 1.00 e. The van der Waals surface area contributed by atoms with Crippen molar-refractivity contribution < 1.29 is 39.5 Å². The minimum Gasteiger partial charge on any atom is -0.543 e. The van der Waals surface area contributed by atoms with Gasteiger partial charge in [-0.25, -0.2) is 9.97 Å². The fraction of sp³-hybridized carbons (Fsp3) is 0.0455. The van der Waals surface area contributed by atoms with Crippen LogP contribution in [-0.2, 0) is 0 Å². The van der Waals surface area contributed by atoms with Crippen LogP contribution in [0.5, 0.6) is 0 Å². The van der Waals surface area contributed by atoms with Gasteiger partial charge < -0.3 is 9.90 Å². The van der Waals surface area contributed by atoms with Gasteiger partial charge in [-0.2, -0.15) is 0 Å². The van der Waals surface area contributed by atoms with E-state index in [2.05, 4.69) is 9.97 Å². The molecule has 0 aliphatic carbocycles. The zero-order chi connectivity index (χ0) is 18.1. The van der Waals surface area contributed by atoms with Crippen molar-refractivity contribution in [3.63, 3.8) is 0 Å². The van der Waals surface area contributed by atoms with Crippen LogP contribution < -0.4 is 34.7 Å². The molecule has 126 valence electrons. The molecule has 0 fully saturated rings. The molecular weight excluding hydrogens is 347 g/mol. The van der Waals surface area contributed by atoms with Gasteiger partial charge in [-0.05, 0) is 30.2 Å². The number of nitrogens with zero attached hydrogens (tertiary/aromatic N) is 2. The van der Waals surface area contributed by atoms with E-state index in [0.717, 1.165) is 22.3 Å². The van der Waals surface area contributed by atoms with E-state index in [1.165, 1.54) is 0 Å². The Hall–Kier alpha value is -2.53. The molecule has 0 bridgehead atoms. The third-order valence-electron chi connectivity index (χ3n) is 4.29. The second-order valence-electron chi connectivity index (χ2n) is 6.15. The van der Waals surface area contributed by atoms with Crippen molar-refractivity contribution in [3.8, 4) is 22.5 Å². The van der Waals surface area contributed by atoms with Gasteiger partial charge in [-0.15, -0.1) is 0 Å². The molecule has 0 N–H and O–H groups in total. The molecule has 0 radical (unpaired) electrons. The third-order valence-corrected chi connectivity index (χ3v) is 4.29. The predicted octanol–water partition coefficient (Wildman–Crippen LogP) is 0.640. The number of carbonyl (C=O) groups excluding carboxylic acids is 1. The monoisotopic (exact) mass is 362 g/mol. The predicted molar refractivity (Wildman–Crippen MR) is 99.5 cm³/mol. The zero-order valence-electron chi connectivity index (χ0n) is 15.1. The number of aromatic carboxylic acids is 1. The molecule has 0 saturated carbocycles. The topological polar surface area (TPSA) is 65.9 Å². The van der Waals surface area contributed by atoms with Crippen LogP contribution in [0.4, 0.5) is 0 Å². The first-order valence-corrected chi connectivity index (χ1v) is 8.27. The number of benzene rings is 3. The van der Waals surface area contributed by atoms with Gasteiger partial charge in [0.2, 0.25) is 0 Å². The molecule has 3 aromatic carbocycles. The van der Waals surface area contributed by atoms with Crippen molar-refractivity contribution >= 4 is 16.9 Å². The Morgan fingerprint density at radius 3 is 2.11 bits per heavy atom. The summed E-state index contributed by atoms with van der Waals surface area (Å²) in [6, 6.07) is 23.3. The van der Waals surface area contributed by atoms with E-state index in [0.29, 0.717) is 16.7 Å². The van der Waals surface area contributed by atoms with Crippen molar-refractivity contribution in [2.45, 2.75) is 6.92 Å². The Kier molecular flexibility index (Phi) is 5.71. The second kappa shape index (κ2) is 8.01. The third kappa shape index (κ3) is 3.93. The molecule has 5 heteroatoms. The molecule has 0 aliphatic heterocycles. The van der Waals surface area contributed by atoms with Gasteiger partial charge in [0.05, 0.1) is 17.2 Å². The summed E-state index contributed by atoms with van der Waals surface area (Å²) in [6.07, 6.45) is 0. The van der Waals surface area contributed by atoms with Crippen molar-refractivity contribution in [1.29, 1.82) is 0 Å². The number of aromatic nitrogens is 2. The van der Waals surface area contributed by atoms with Gasteiger partial charge >= 0.3 is 29.6 Å². The van der Waals surface area contributed by atoms with Crippen molar-refractivity contribution in [1.82, 2.24) is 9.97 Å². The van der Waals surface area contributed by atoms with Gasteiger partial charge in [-0.1, -0.05) is 66.2 Å². The van der Waals surface area contributed by atoms with Gasteiger partial charge in [0.15, 0.2) is 5.82 Å². The average molecular weight is 362 g/mol. The number of carbonyl (C=O) groups is 1. The maximum absolute atomic E-state index is 11.5. The summed E-state index contributed by atoms with van der Waals surface area (Å²) in [4.78, 5) is 20.3. The van der Waals surface area contributed by atoms with E-state index < -0.39 is 5.97 Å². The van der Waals surface area contributed by atoms with Gasteiger partial charge in [-0.3, -0.25) is 0 Å². The first-order chi connectivity index (χ1) is 12.6. The zero-order valence-corrected chi connectivity index (χ0v) is 17.1. The molecule has 0 saturated heterocycles. The molecule has 1 heterocycles. The van der Waals surface area contributed by atoms with Crippen LogP contribution in [0, 0.1) is 6.92 Å². The largest absolute Gasteiger partial charge is 1.00 e. The minimum absolute atomic E-state index is 0. The molecule has 0 amide bonds. The molecule has 0 spiro atoms. The van der Waals surface area contributed by atoms with Crippen molar-refractivity contribution in [3.05, 3.63) is 84.1 Å². The fourth-order valence-electron chi connectivity index (χ4n) is 2.97. The second-order valence-corrected chi connectivity index (χ2v) is 6.15. The number of carboxylic acid groups (broad SMARTS) is 1. The molecule has 27 heavy (non-hydrogen) atoms. The maximum atomic E-state index is 11.5. The summed E-state index contributed by atoms with van der Waals surface area (Å²) in [5.41, 5.74) is 4.40. The van der Waals surface area contributed by atoms with Crippen LogP contribution in [0.3, 0.4) is 0 Å². The van der Waals surface area contributed by atoms with Crippen LogP contribution in [0.25, 0.3) is 33.4 Å². The molecule has 0 atom stereocenters. The molecular formula is C22H15N2NaO2. The van der Waals surface area contributed by atoms with Crippen LogP contribution in [0.2, 0.25) is 0 Å². The summed E-state index contributed by atoms with van der Waals surface area (Å²) < 4.78 is 0. The Bertz CT molecular complexity index is 1110. The Morgan fingerprint density at radius 1 is 0.815 bits per heavy atom. The molecule has 4 nitrogen and oxygen atoms in total. The quantitative estimate of drug-likeness (QED) is 0.502. The Labute approximate surface area is 179 Å². The van der Waals surface area contributed by atoms with E-state index in [-0.39, 0.29) is 35.3 Å². The molecule has 1 aromatic heterocycles. The number of rotatable bonds is 3. The smallest absolute Gasteiger partial charge is 0.543 e. The van der Waals surface area contributed by atoms with Crippen LogP contribution >= 0.6 is 0 Å². The Balaban J connectivity index is 0.00000210. The van der Waals surface area contributed by atoms with Gasteiger partial charge in [0.25, 0.3) is 0 Å². The van der Waals surface area contributed by atoms with Crippen LogP contribution in [0.15, 0.2) is 72.8 Å². The fourth-order valence-corrected chi connectivity index (χ4v) is 2.97. The number of hydrogen-bond acceptors (Lipinski definition) is 4. The summed E-state index contributed by atoms with van der Waals surface area (Å²) >= 11 is 0. The minimum atomic E-state index is -1.30. The molecule has 0 unspecified atom stereocenters. The van der Waals surface area contributed by atoms with Gasteiger partial charge in [0, 0.05) is 10.9 Å². The first-order valence-electron chi connectivity index (χ1n) is 8.27. The van der Waals surface area contributed by atoms with E-state index in [1.54, 1.807) is 12.1 Å². The molecule has 4 aromatic rings. The van der Waals surface area contributed by atoms with E-state index in [4.69, 9.17) is 0 Å². The Morgan fingerprint density at radius 2 is 1.44 bits per heavy atom. The number of fused-ring (bicyclic) bond motifs is 1. The van der Waals surface area contributed by atoms with E-state index in [1.807, 2.05) is 67.6 Å². The van der Waals surface area contributed by atoms with Crippen LogP contribution in [-0.4, -0.2) is 15.9 Å². The molecule has 4 rings (SSSR count). The summed E-state index contributed by atoms with van der Waals surface area (Å²) in [6.45, 7) is 1.90. The number of carboxylic acids is 1. The van der Waals surface area contributed by atoms with Gasteiger partial charge in [0.1, 0.15) is 0 Å². The molecule has 0 aliphatic rings. The summed E-state index contributed by atoms with van der Waals surface area (Å²) in [7, 11) is 0. The van der Waals surface area contributed by atoms with Crippen molar-refractivity contribution in [2.24, 2.45) is 0 Å². The first kappa shape index (κ1) is 19.2. The number of hydrogen-bond donors (Lipinski definition) is 0.